The van der Waals surface area contributed by atoms with Gasteiger partial charge in [-0.1, -0.05) is 30.3 Å². The minimum Gasteiger partial charge on any atom is -0.395 e. The molecule has 0 aliphatic carbocycles. The molecule has 0 saturated heterocycles. The van der Waals surface area contributed by atoms with Gasteiger partial charge in [0, 0.05) is 12.6 Å². The van der Waals surface area contributed by atoms with Crippen molar-refractivity contribution in [2.75, 3.05) is 16.9 Å². The number of nitrogens with one attached hydrogen (secondary N) is 1. The van der Waals surface area contributed by atoms with Crippen LogP contribution in [0.25, 0.3) is 0 Å². The number of aromatic nitrogens is 3. The fourth-order valence-corrected chi connectivity index (χ4v) is 2.46. The maximum atomic E-state index is 6.05. The third-order valence-electron chi connectivity index (χ3n) is 3.57. The third-order valence-corrected chi connectivity index (χ3v) is 3.57. The summed E-state index contributed by atoms with van der Waals surface area (Å²) in [4.78, 5) is 4.05. The predicted octanol–water partition coefficient (Wildman–Crippen LogP) is 1.37. The number of nitrogen functional groups attached to an aromatic ring is 3. The largest absolute Gasteiger partial charge is 0.395 e. The van der Waals surface area contributed by atoms with Gasteiger partial charge in [0.2, 0.25) is 0 Å². The quantitative estimate of drug-likeness (QED) is 0.417. The average Bonchev–Trinajstić information content (AvgIpc) is 2.98. The predicted molar refractivity (Wildman–Crippen MR) is 91.4 cm³/mol. The van der Waals surface area contributed by atoms with Gasteiger partial charge >= 0.3 is 0 Å². The van der Waals surface area contributed by atoms with Gasteiger partial charge in [-0.3, -0.25) is 4.68 Å². The Labute approximate surface area is 134 Å². The summed E-state index contributed by atoms with van der Waals surface area (Å²) >= 11 is 0. The van der Waals surface area contributed by atoms with E-state index in [4.69, 9.17) is 17.3 Å². The van der Waals surface area contributed by atoms with Gasteiger partial charge in [0.25, 0.3) is 0 Å². The van der Waals surface area contributed by atoms with E-state index < -0.39 is 0 Å². The number of hydrogen-bond acceptors (Lipinski definition) is 6. The first-order chi connectivity index (χ1) is 11.2. The van der Waals surface area contributed by atoms with E-state index in [0.717, 1.165) is 17.7 Å². The van der Waals surface area contributed by atoms with Gasteiger partial charge in [0.05, 0.1) is 18.4 Å². The van der Waals surface area contributed by atoms with E-state index in [9.17, 15) is 0 Å². The molecule has 0 radical (unpaired) electrons. The van der Waals surface area contributed by atoms with E-state index in [1.807, 2.05) is 35.3 Å². The van der Waals surface area contributed by atoms with Crippen LogP contribution in [0.1, 0.15) is 16.7 Å². The lowest BCUT2D eigenvalue weighted by atomic mass is 10.1. The molecule has 3 rings (SSSR count). The number of anilines is 3. The fourth-order valence-electron chi connectivity index (χ4n) is 2.46. The van der Waals surface area contributed by atoms with Crippen molar-refractivity contribution in [3.8, 4) is 0 Å². The average molecular weight is 309 g/mol. The number of nitrogens with two attached hydrogens (primary N) is 3. The van der Waals surface area contributed by atoms with Crippen molar-refractivity contribution in [1.29, 1.82) is 0 Å². The number of hydrogen-bond donors (Lipinski definition) is 4. The molecule has 2 heterocycles. The van der Waals surface area contributed by atoms with E-state index >= 15 is 0 Å². The number of rotatable bonds is 5. The number of pyridine rings is 1. The molecule has 2 aromatic heterocycles. The van der Waals surface area contributed by atoms with Gasteiger partial charge < -0.3 is 16.9 Å². The Kier molecular flexibility index (Phi) is 4.11. The van der Waals surface area contributed by atoms with Crippen LogP contribution in [0.5, 0.6) is 0 Å². The Balaban J connectivity index is 1.78. The van der Waals surface area contributed by atoms with Crippen molar-refractivity contribution in [2.24, 2.45) is 5.84 Å². The lowest BCUT2D eigenvalue weighted by molar-refractivity contribution is 0.686. The second-order valence-corrected chi connectivity index (χ2v) is 5.32. The van der Waals surface area contributed by atoms with Crippen LogP contribution < -0.4 is 22.7 Å². The van der Waals surface area contributed by atoms with Crippen LogP contribution in [-0.2, 0) is 13.0 Å². The molecule has 0 aliphatic rings. The second kappa shape index (κ2) is 6.37. The molecule has 0 saturated carbocycles. The summed E-state index contributed by atoms with van der Waals surface area (Å²) in [5, 5.41) is 4.39. The van der Waals surface area contributed by atoms with Crippen molar-refractivity contribution < 1.29 is 0 Å². The lowest BCUT2D eigenvalue weighted by Gasteiger charge is -2.10. The van der Waals surface area contributed by atoms with Gasteiger partial charge in [-0.2, -0.15) is 5.10 Å². The molecular formula is C16H19N7. The Morgan fingerprint density at radius 3 is 2.61 bits per heavy atom. The van der Waals surface area contributed by atoms with Crippen molar-refractivity contribution in [1.82, 2.24) is 14.8 Å². The maximum Gasteiger partial charge on any atom is 0.165 e. The molecule has 1 aromatic carbocycles. The number of hydrazine groups is 1. The molecule has 118 valence electrons. The molecule has 7 N–H and O–H groups in total. The highest BCUT2D eigenvalue weighted by molar-refractivity contribution is 5.68. The van der Waals surface area contributed by atoms with E-state index in [1.54, 1.807) is 6.07 Å². The SMILES string of the molecule is NNc1nc(N)cc(Cc2cnn(Cc3ccccc3)c2)c1N. The maximum absolute atomic E-state index is 6.05. The van der Waals surface area contributed by atoms with Crippen molar-refractivity contribution in [3.05, 3.63) is 65.5 Å². The van der Waals surface area contributed by atoms with E-state index in [-0.39, 0.29) is 0 Å². The zero-order valence-electron chi connectivity index (χ0n) is 12.6. The molecular weight excluding hydrogens is 290 g/mol. The van der Waals surface area contributed by atoms with Crippen LogP contribution in [0.3, 0.4) is 0 Å². The molecule has 0 atom stereocenters. The number of benzene rings is 1. The van der Waals surface area contributed by atoms with Gasteiger partial charge in [-0.25, -0.2) is 10.8 Å². The Morgan fingerprint density at radius 1 is 1.09 bits per heavy atom. The molecule has 0 spiro atoms. The Bertz CT molecular complexity index is 795. The van der Waals surface area contributed by atoms with Crippen LogP contribution in [0.2, 0.25) is 0 Å². The summed E-state index contributed by atoms with van der Waals surface area (Å²) in [5.74, 6) is 6.17. The molecule has 0 amide bonds. The molecule has 7 nitrogen and oxygen atoms in total. The van der Waals surface area contributed by atoms with E-state index in [0.29, 0.717) is 23.7 Å². The van der Waals surface area contributed by atoms with Crippen molar-refractivity contribution in [2.45, 2.75) is 13.0 Å². The molecule has 0 aliphatic heterocycles. The van der Waals surface area contributed by atoms with Gasteiger partial charge in [0.15, 0.2) is 5.82 Å². The monoisotopic (exact) mass is 309 g/mol. The smallest absolute Gasteiger partial charge is 0.165 e. The molecule has 23 heavy (non-hydrogen) atoms. The first kappa shape index (κ1) is 14.9. The van der Waals surface area contributed by atoms with Gasteiger partial charge in [-0.05, 0) is 22.8 Å². The fraction of sp³-hybridized carbons (Fsp3) is 0.125. The molecule has 0 bridgehead atoms. The first-order valence-electron chi connectivity index (χ1n) is 7.22. The third kappa shape index (κ3) is 3.41. The van der Waals surface area contributed by atoms with Crippen molar-refractivity contribution >= 4 is 17.3 Å². The van der Waals surface area contributed by atoms with Gasteiger partial charge in [0.1, 0.15) is 5.82 Å². The van der Waals surface area contributed by atoms with Crippen LogP contribution in [0, 0.1) is 0 Å². The minimum absolute atomic E-state index is 0.374. The lowest BCUT2D eigenvalue weighted by Crippen LogP contribution is -2.13. The summed E-state index contributed by atoms with van der Waals surface area (Å²) in [6, 6.07) is 11.9. The summed E-state index contributed by atoms with van der Waals surface area (Å²) in [6.07, 6.45) is 4.44. The normalized spacial score (nSPS) is 10.7. The van der Waals surface area contributed by atoms with Crippen molar-refractivity contribution in [3.63, 3.8) is 0 Å². The van der Waals surface area contributed by atoms with Crippen LogP contribution >= 0.6 is 0 Å². The Hall–Kier alpha value is -3.06. The topological polar surface area (TPSA) is 121 Å². The minimum atomic E-state index is 0.374. The zero-order chi connectivity index (χ0) is 16.2. The molecule has 3 aromatic rings. The summed E-state index contributed by atoms with van der Waals surface area (Å²) in [7, 11) is 0. The number of nitrogens with zero attached hydrogens (tertiary/aromatic N) is 3. The first-order valence-corrected chi connectivity index (χ1v) is 7.22. The van der Waals surface area contributed by atoms with E-state index in [1.165, 1.54) is 5.56 Å². The highest BCUT2D eigenvalue weighted by Crippen LogP contribution is 2.24. The van der Waals surface area contributed by atoms with Crippen LogP contribution in [0.4, 0.5) is 17.3 Å². The zero-order valence-corrected chi connectivity index (χ0v) is 12.6. The molecule has 7 heteroatoms. The summed E-state index contributed by atoms with van der Waals surface area (Å²) < 4.78 is 1.90. The molecule has 0 fully saturated rings. The summed E-state index contributed by atoms with van der Waals surface area (Å²) in [6.45, 7) is 0.727. The highest BCUT2D eigenvalue weighted by Gasteiger charge is 2.10. The van der Waals surface area contributed by atoms with Gasteiger partial charge in [-0.15, -0.1) is 0 Å². The second-order valence-electron chi connectivity index (χ2n) is 5.32. The van der Waals surface area contributed by atoms with Crippen LogP contribution in [-0.4, -0.2) is 14.8 Å². The summed E-state index contributed by atoms with van der Waals surface area (Å²) in [5.41, 5.74) is 17.9. The van der Waals surface area contributed by atoms with Crippen LogP contribution in [0.15, 0.2) is 48.8 Å². The highest BCUT2D eigenvalue weighted by atomic mass is 15.3. The molecule has 0 unspecified atom stereocenters. The van der Waals surface area contributed by atoms with E-state index in [2.05, 4.69) is 27.6 Å². The standard InChI is InChI=1S/C16H19N7/c17-14-7-13(15(18)16(21-14)22-19)6-12-8-20-23(10-12)9-11-4-2-1-3-5-11/h1-5,7-8,10H,6,9,18-19H2,(H3,17,21,22). The Morgan fingerprint density at radius 2 is 1.87 bits per heavy atom.